The van der Waals surface area contributed by atoms with Crippen molar-refractivity contribution in [3.8, 4) is 0 Å². The van der Waals surface area contributed by atoms with Crippen molar-refractivity contribution in [2.24, 2.45) is 0 Å². The van der Waals surface area contributed by atoms with Gasteiger partial charge in [-0.25, -0.2) is 0 Å². The highest BCUT2D eigenvalue weighted by Crippen LogP contribution is 2.21. The van der Waals surface area contributed by atoms with Gasteiger partial charge in [0.15, 0.2) is 5.78 Å². The number of carbonyl (C=O) groups excluding carboxylic acids is 1. The third-order valence-corrected chi connectivity index (χ3v) is 4.01. The van der Waals surface area contributed by atoms with E-state index in [4.69, 9.17) is 0 Å². The maximum Gasteiger partial charge on any atom is 0.183 e. The molecule has 1 aromatic heterocycles. The summed E-state index contributed by atoms with van der Waals surface area (Å²) in [6, 6.07) is 13.8. The number of fused-ring (bicyclic) bond motifs is 1. The Labute approximate surface area is 131 Å². The van der Waals surface area contributed by atoms with E-state index >= 15 is 0 Å². The van der Waals surface area contributed by atoms with Crippen molar-refractivity contribution in [3.05, 3.63) is 64.3 Å². The number of carbonyl (C=O) groups is 1. The Kier molecular flexibility index (Phi) is 3.80. The molecule has 0 saturated carbocycles. The van der Waals surface area contributed by atoms with Crippen LogP contribution in [0.15, 0.2) is 53.1 Å². The van der Waals surface area contributed by atoms with E-state index in [9.17, 15) is 4.79 Å². The average Bonchev–Trinajstić information content (AvgIpc) is 2.90. The van der Waals surface area contributed by atoms with E-state index < -0.39 is 0 Å². The van der Waals surface area contributed by atoms with Crippen LogP contribution < -0.4 is 5.32 Å². The molecule has 0 spiro atoms. The van der Waals surface area contributed by atoms with Crippen molar-refractivity contribution in [3.63, 3.8) is 0 Å². The Bertz CT molecular complexity index is 807. The molecule has 0 radical (unpaired) electrons. The second kappa shape index (κ2) is 5.74. The molecule has 0 aliphatic heterocycles. The zero-order chi connectivity index (χ0) is 14.8. The van der Waals surface area contributed by atoms with Crippen LogP contribution in [-0.2, 0) is 0 Å². The summed E-state index contributed by atoms with van der Waals surface area (Å²) in [6.45, 7) is 2.30. The molecular formula is C17H15BrN2O. The van der Waals surface area contributed by atoms with Gasteiger partial charge in [-0.15, -0.1) is 0 Å². The highest BCUT2D eigenvalue weighted by molar-refractivity contribution is 9.10. The van der Waals surface area contributed by atoms with Gasteiger partial charge in [0.1, 0.15) is 0 Å². The standard InChI is InChI=1S/C17H15BrN2O/c1-11-8-12(18)6-7-15(11)20-10-17(21)14-9-19-16-5-3-2-4-13(14)16/h2-9,19-20H,10H2,1H3. The van der Waals surface area contributed by atoms with E-state index in [1.165, 1.54) is 0 Å². The minimum absolute atomic E-state index is 0.0785. The number of para-hydroxylation sites is 1. The Morgan fingerprint density at radius 1 is 1.24 bits per heavy atom. The van der Waals surface area contributed by atoms with Crippen LogP contribution >= 0.6 is 15.9 Å². The maximum absolute atomic E-state index is 12.4. The summed E-state index contributed by atoms with van der Waals surface area (Å²) >= 11 is 3.44. The third-order valence-electron chi connectivity index (χ3n) is 3.52. The fourth-order valence-corrected chi connectivity index (χ4v) is 2.87. The first-order valence-corrected chi connectivity index (χ1v) is 7.54. The van der Waals surface area contributed by atoms with Crippen molar-refractivity contribution < 1.29 is 4.79 Å². The molecule has 3 nitrogen and oxygen atoms in total. The highest BCUT2D eigenvalue weighted by Gasteiger charge is 2.11. The van der Waals surface area contributed by atoms with Crippen LogP contribution in [0.3, 0.4) is 0 Å². The summed E-state index contributed by atoms with van der Waals surface area (Å²) < 4.78 is 1.04. The van der Waals surface area contributed by atoms with Gasteiger partial charge in [-0.05, 0) is 36.8 Å². The number of hydrogen-bond donors (Lipinski definition) is 2. The lowest BCUT2D eigenvalue weighted by Crippen LogP contribution is -2.14. The lowest BCUT2D eigenvalue weighted by molar-refractivity contribution is 0.101. The lowest BCUT2D eigenvalue weighted by atomic mass is 10.1. The SMILES string of the molecule is Cc1cc(Br)ccc1NCC(=O)c1c[nH]c2ccccc12. The zero-order valence-corrected chi connectivity index (χ0v) is 13.2. The molecule has 0 aliphatic carbocycles. The van der Waals surface area contributed by atoms with Crippen LogP contribution in [-0.4, -0.2) is 17.3 Å². The van der Waals surface area contributed by atoms with Gasteiger partial charge < -0.3 is 10.3 Å². The first-order valence-electron chi connectivity index (χ1n) is 6.74. The second-order valence-corrected chi connectivity index (χ2v) is 5.90. The molecule has 2 N–H and O–H groups in total. The third kappa shape index (κ3) is 2.85. The van der Waals surface area contributed by atoms with Crippen LogP contribution in [0.2, 0.25) is 0 Å². The van der Waals surface area contributed by atoms with E-state index in [1.807, 2.05) is 49.4 Å². The van der Waals surface area contributed by atoms with Crippen LogP contribution in [0.5, 0.6) is 0 Å². The lowest BCUT2D eigenvalue weighted by Gasteiger charge is -2.09. The molecule has 0 unspecified atom stereocenters. The quantitative estimate of drug-likeness (QED) is 0.684. The van der Waals surface area contributed by atoms with E-state index in [1.54, 1.807) is 6.20 Å². The molecule has 0 aliphatic rings. The zero-order valence-electron chi connectivity index (χ0n) is 11.6. The predicted octanol–water partition coefficient (Wildman–Crippen LogP) is 4.53. The number of halogens is 1. The van der Waals surface area contributed by atoms with E-state index in [0.29, 0.717) is 0 Å². The molecule has 4 heteroatoms. The molecule has 0 saturated heterocycles. The molecule has 3 rings (SSSR count). The number of rotatable bonds is 4. The van der Waals surface area contributed by atoms with Gasteiger partial charge in [0.25, 0.3) is 0 Å². The number of Topliss-reactive ketones (excluding diaryl/α,β-unsaturated/α-hetero) is 1. The van der Waals surface area contributed by atoms with Gasteiger partial charge in [-0.3, -0.25) is 4.79 Å². The number of aryl methyl sites for hydroxylation is 1. The molecule has 0 atom stereocenters. The smallest absolute Gasteiger partial charge is 0.183 e. The molecule has 21 heavy (non-hydrogen) atoms. The van der Waals surface area contributed by atoms with Gasteiger partial charge in [-0.2, -0.15) is 0 Å². The summed E-state index contributed by atoms with van der Waals surface area (Å²) in [5.41, 5.74) is 3.80. The van der Waals surface area contributed by atoms with Gasteiger partial charge in [-0.1, -0.05) is 34.1 Å². The second-order valence-electron chi connectivity index (χ2n) is 4.98. The molecule has 1 heterocycles. The fraction of sp³-hybridized carbons (Fsp3) is 0.118. The van der Waals surface area contributed by atoms with Crippen molar-refractivity contribution in [1.29, 1.82) is 0 Å². The van der Waals surface area contributed by atoms with Crippen LogP contribution in [0.4, 0.5) is 5.69 Å². The Morgan fingerprint density at radius 2 is 2.05 bits per heavy atom. The van der Waals surface area contributed by atoms with E-state index in [-0.39, 0.29) is 12.3 Å². The summed E-state index contributed by atoms with van der Waals surface area (Å²) in [5.74, 6) is 0.0785. The molecule has 0 amide bonds. The average molecular weight is 343 g/mol. The van der Waals surface area contributed by atoms with Crippen molar-refractivity contribution in [2.45, 2.75) is 6.92 Å². The van der Waals surface area contributed by atoms with Crippen molar-refractivity contribution >= 4 is 38.3 Å². The molecule has 2 aromatic carbocycles. The minimum Gasteiger partial charge on any atom is -0.377 e. The molecular weight excluding hydrogens is 328 g/mol. The number of aromatic nitrogens is 1. The van der Waals surface area contributed by atoms with Crippen LogP contribution in [0, 0.1) is 6.92 Å². The van der Waals surface area contributed by atoms with Gasteiger partial charge >= 0.3 is 0 Å². The van der Waals surface area contributed by atoms with Crippen LogP contribution in [0.1, 0.15) is 15.9 Å². The number of hydrogen-bond acceptors (Lipinski definition) is 2. The monoisotopic (exact) mass is 342 g/mol. The predicted molar refractivity (Wildman–Crippen MR) is 90.0 cm³/mol. The van der Waals surface area contributed by atoms with Crippen molar-refractivity contribution in [1.82, 2.24) is 4.98 Å². The Morgan fingerprint density at radius 3 is 2.86 bits per heavy atom. The first-order chi connectivity index (χ1) is 10.1. The maximum atomic E-state index is 12.4. The minimum atomic E-state index is 0.0785. The largest absolute Gasteiger partial charge is 0.377 e. The molecule has 3 aromatic rings. The first kappa shape index (κ1) is 13.9. The number of nitrogens with one attached hydrogen (secondary N) is 2. The van der Waals surface area contributed by atoms with E-state index in [0.717, 1.165) is 32.2 Å². The number of anilines is 1. The Hall–Kier alpha value is -2.07. The van der Waals surface area contributed by atoms with E-state index in [2.05, 4.69) is 26.2 Å². The highest BCUT2D eigenvalue weighted by atomic mass is 79.9. The topological polar surface area (TPSA) is 44.9 Å². The normalized spacial score (nSPS) is 10.8. The molecule has 0 fully saturated rings. The van der Waals surface area contributed by atoms with Gasteiger partial charge in [0.2, 0.25) is 0 Å². The summed E-state index contributed by atoms with van der Waals surface area (Å²) in [7, 11) is 0. The van der Waals surface area contributed by atoms with Crippen molar-refractivity contribution in [2.75, 3.05) is 11.9 Å². The molecule has 106 valence electrons. The van der Waals surface area contributed by atoms with Crippen LogP contribution in [0.25, 0.3) is 10.9 Å². The number of H-pyrrole nitrogens is 1. The number of aromatic amines is 1. The van der Waals surface area contributed by atoms with Gasteiger partial charge in [0, 0.05) is 32.8 Å². The Balaban J connectivity index is 1.77. The van der Waals surface area contributed by atoms with Gasteiger partial charge in [0.05, 0.1) is 6.54 Å². The number of ketones is 1. The fourth-order valence-electron chi connectivity index (χ4n) is 2.40. The summed E-state index contributed by atoms with van der Waals surface area (Å²) in [6.07, 6.45) is 1.78. The summed E-state index contributed by atoms with van der Waals surface area (Å²) in [4.78, 5) is 15.5. The summed E-state index contributed by atoms with van der Waals surface area (Å²) in [5, 5.41) is 4.18. The number of benzene rings is 2. The molecule has 0 bridgehead atoms.